The van der Waals surface area contributed by atoms with E-state index >= 15 is 0 Å². The van der Waals surface area contributed by atoms with E-state index < -0.39 is 18.5 Å². The van der Waals surface area contributed by atoms with Crippen LogP contribution in [0.2, 0.25) is 0 Å². The van der Waals surface area contributed by atoms with Crippen LogP contribution in [-0.2, 0) is 14.3 Å². The maximum atomic E-state index is 12.2. The number of hydrogen-bond acceptors (Lipinski definition) is 6. The Morgan fingerprint density at radius 1 is 1.17 bits per heavy atom. The Kier molecular flexibility index (Phi) is 7.38. The highest BCUT2D eigenvalue weighted by atomic mass is 16.5. The summed E-state index contributed by atoms with van der Waals surface area (Å²) < 4.78 is 10.2. The van der Waals surface area contributed by atoms with Gasteiger partial charge in [0.15, 0.2) is 6.61 Å². The molecule has 0 bridgehead atoms. The normalized spacial score (nSPS) is 10.7. The van der Waals surface area contributed by atoms with Crippen molar-refractivity contribution in [1.82, 2.24) is 0 Å². The van der Waals surface area contributed by atoms with E-state index in [2.05, 4.69) is 5.32 Å². The third-order valence-corrected chi connectivity index (χ3v) is 4.02. The van der Waals surface area contributed by atoms with Crippen molar-refractivity contribution in [3.63, 3.8) is 0 Å². The minimum absolute atomic E-state index is 0.191. The summed E-state index contributed by atoms with van der Waals surface area (Å²) in [5.41, 5.74) is 2.90. The van der Waals surface area contributed by atoms with Crippen LogP contribution in [0.5, 0.6) is 5.75 Å². The van der Waals surface area contributed by atoms with Crippen molar-refractivity contribution in [2.24, 2.45) is 0 Å². The van der Waals surface area contributed by atoms with Crippen molar-refractivity contribution in [3.05, 3.63) is 59.2 Å². The first kappa shape index (κ1) is 21.5. The van der Waals surface area contributed by atoms with Gasteiger partial charge in [0.25, 0.3) is 5.91 Å². The molecular formula is C22H23N3O4. The molecule has 0 unspecified atom stereocenters. The molecule has 0 aliphatic carbocycles. The lowest BCUT2D eigenvalue weighted by Gasteiger charge is -2.12. The second-order valence-electron chi connectivity index (χ2n) is 6.48. The van der Waals surface area contributed by atoms with Crippen molar-refractivity contribution < 1.29 is 19.1 Å². The molecule has 0 spiro atoms. The van der Waals surface area contributed by atoms with E-state index in [0.717, 1.165) is 11.3 Å². The molecule has 7 nitrogen and oxygen atoms in total. The maximum Gasteiger partial charge on any atom is 0.349 e. The predicted molar refractivity (Wildman–Crippen MR) is 112 cm³/mol. The van der Waals surface area contributed by atoms with Crippen molar-refractivity contribution in [2.45, 2.75) is 6.92 Å². The fourth-order valence-electron chi connectivity index (χ4n) is 2.49. The highest BCUT2D eigenvalue weighted by molar-refractivity contribution is 6.00. The summed E-state index contributed by atoms with van der Waals surface area (Å²) in [5.74, 6) is -0.903. The van der Waals surface area contributed by atoms with Crippen molar-refractivity contribution in [1.29, 1.82) is 5.26 Å². The van der Waals surface area contributed by atoms with Gasteiger partial charge in [-0.25, -0.2) is 4.79 Å². The average Bonchev–Trinajstić information content (AvgIpc) is 2.70. The largest absolute Gasteiger partial charge is 0.495 e. The minimum Gasteiger partial charge on any atom is -0.495 e. The lowest BCUT2D eigenvalue weighted by Crippen LogP contribution is -2.21. The average molecular weight is 393 g/mol. The van der Waals surface area contributed by atoms with Crippen LogP contribution in [0.25, 0.3) is 6.08 Å². The number of nitrogens with zero attached hydrogens (tertiary/aromatic N) is 2. The minimum atomic E-state index is -0.865. The molecule has 2 aromatic rings. The molecule has 0 atom stereocenters. The van der Waals surface area contributed by atoms with Crippen LogP contribution in [0.1, 0.15) is 11.1 Å². The van der Waals surface area contributed by atoms with E-state index in [4.69, 9.17) is 9.47 Å². The third-order valence-electron chi connectivity index (χ3n) is 4.02. The van der Waals surface area contributed by atoms with E-state index in [1.54, 1.807) is 24.3 Å². The van der Waals surface area contributed by atoms with Gasteiger partial charge in [-0.15, -0.1) is 0 Å². The van der Waals surface area contributed by atoms with Gasteiger partial charge in [0.1, 0.15) is 17.4 Å². The van der Waals surface area contributed by atoms with Gasteiger partial charge >= 0.3 is 5.97 Å². The Morgan fingerprint density at radius 3 is 2.45 bits per heavy atom. The summed E-state index contributed by atoms with van der Waals surface area (Å²) in [6.07, 6.45) is 1.42. The fraction of sp³-hybridized carbons (Fsp3) is 0.227. The van der Waals surface area contributed by atoms with Crippen LogP contribution in [-0.4, -0.2) is 39.7 Å². The van der Waals surface area contributed by atoms with E-state index in [1.165, 1.54) is 13.2 Å². The highest BCUT2D eigenvalue weighted by Crippen LogP contribution is 2.25. The summed E-state index contributed by atoms with van der Waals surface area (Å²) in [4.78, 5) is 26.2. The van der Waals surface area contributed by atoms with Gasteiger partial charge in [-0.05, 0) is 48.4 Å². The van der Waals surface area contributed by atoms with E-state index in [-0.39, 0.29) is 5.57 Å². The van der Waals surface area contributed by atoms with Crippen LogP contribution in [0.3, 0.4) is 0 Å². The van der Waals surface area contributed by atoms with Crippen LogP contribution < -0.4 is 15.0 Å². The Hall–Kier alpha value is -3.79. The van der Waals surface area contributed by atoms with Gasteiger partial charge in [0.2, 0.25) is 0 Å². The lowest BCUT2D eigenvalue weighted by molar-refractivity contribution is -0.142. The number of benzene rings is 2. The number of anilines is 2. The molecule has 0 aliphatic heterocycles. The molecule has 29 heavy (non-hydrogen) atoms. The second-order valence-corrected chi connectivity index (χ2v) is 6.48. The van der Waals surface area contributed by atoms with Crippen molar-refractivity contribution in [2.75, 3.05) is 38.0 Å². The molecule has 0 aliphatic rings. The number of esters is 1. The molecular weight excluding hydrogens is 370 g/mol. The summed E-state index contributed by atoms with van der Waals surface area (Å²) in [7, 11) is 5.33. The molecule has 0 radical (unpaired) electrons. The quantitative estimate of drug-likeness (QED) is 0.441. The Labute approximate surface area is 170 Å². The first-order valence-corrected chi connectivity index (χ1v) is 8.85. The molecule has 1 N–H and O–H groups in total. The number of aryl methyl sites for hydroxylation is 1. The monoisotopic (exact) mass is 393 g/mol. The van der Waals surface area contributed by atoms with Gasteiger partial charge in [-0.3, -0.25) is 4.79 Å². The summed E-state index contributed by atoms with van der Waals surface area (Å²) in [6.45, 7) is 1.36. The smallest absolute Gasteiger partial charge is 0.349 e. The van der Waals surface area contributed by atoms with Crippen LogP contribution >= 0.6 is 0 Å². The Morgan fingerprint density at radius 2 is 1.86 bits per heavy atom. The molecule has 150 valence electrons. The molecule has 2 aromatic carbocycles. The van der Waals surface area contributed by atoms with Crippen LogP contribution in [0, 0.1) is 18.3 Å². The van der Waals surface area contributed by atoms with E-state index in [9.17, 15) is 14.9 Å². The zero-order valence-corrected chi connectivity index (χ0v) is 16.9. The van der Waals surface area contributed by atoms with Crippen LogP contribution in [0.4, 0.5) is 11.4 Å². The lowest BCUT2D eigenvalue weighted by atomic mass is 10.1. The number of hydrogen-bond donors (Lipinski definition) is 1. The molecule has 0 saturated carbocycles. The molecule has 0 fully saturated rings. The molecule has 0 aromatic heterocycles. The number of carbonyl (C=O) groups is 2. The summed E-state index contributed by atoms with van der Waals surface area (Å²) in [5, 5.41) is 11.9. The zero-order valence-electron chi connectivity index (χ0n) is 16.9. The predicted octanol–water partition coefficient (Wildman–Crippen LogP) is 3.16. The van der Waals surface area contributed by atoms with Gasteiger partial charge in [-0.2, -0.15) is 5.26 Å². The van der Waals surface area contributed by atoms with Gasteiger partial charge in [0, 0.05) is 19.8 Å². The summed E-state index contributed by atoms with van der Waals surface area (Å²) >= 11 is 0. The van der Waals surface area contributed by atoms with Gasteiger partial charge in [-0.1, -0.05) is 18.2 Å². The first-order chi connectivity index (χ1) is 13.8. The Bertz CT molecular complexity index is 957. The highest BCUT2D eigenvalue weighted by Gasteiger charge is 2.14. The first-order valence-electron chi connectivity index (χ1n) is 8.85. The van der Waals surface area contributed by atoms with Gasteiger partial charge in [0.05, 0.1) is 12.8 Å². The molecule has 2 rings (SSSR count). The van der Waals surface area contributed by atoms with E-state index in [1.807, 2.05) is 50.2 Å². The number of amides is 1. The maximum absolute atomic E-state index is 12.2. The fourth-order valence-corrected chi connectivity index (χ4v) is 2.49. The molecule has 7 heteroatoms. The Balaban J connectivity index is 2.00. The number of ether oxygens (including phenoxy) is 2. The van der Waals surface area contributed by atoms with Crippen LogP contribution in [0.15, 0.2) is 48.0 Å². The third kappa shape index (κ3) is 6.11. The topological polar surface area (TPSA) is 91.7 Å². The zero-order chi connectivity index (χ0) is 21.4. The van der Waals surface area contributed by atoms with Crippen molar-refractivity contribution >= 4 is 29.3 Å². The number of methoxy groups -OCH3 is 1. The van der Waals surface area contributed by atoms with Crippen molar-refractivity contribution in [3.8, 4) is 11.8 Å². The number of nitriles is 1. The second kappa shape index (κ2) is 9.95. The number of rotatable bonds is 7. The standard InChI is InChI=1S/C22H23N3O4/c1-15-5-10-20(28-4)19(11-15)24-21(26)14-29-22(27)17(13-23)12-16-6-8-18(9-7-16)25(2)3/h5-12H,14H2,1-4H3,(H,24,26)/b17-12+. The molecule has 0 heterocycles. The SMILES string of the molecule is COc1ccc(C)cc1NC(=O)COC(=O)/C(C#N)=C/c1ccc(N(C)C)cc1. The van der Waals surface area contributed by atoms with Gasteiger partial charge < -0.3 is 19.7 Å². The number of carbonyl (C=O) groups excluding carboxylic acids is 2. The number of nitrogens with one attached hydrogen (secondary N) is 1. The molecule has 0 saturated heterocycles. The molecule has 1 amide bonds. The van der Waals surface area contributed by atoms with E-state index in [0.29, 0.717) is 17.0 Å². The summed E-state index contributed by atoms with van der Waals surface area (Å²) in [6, 6.07) is 14.5.